The Bertz CT molecular complexity index is 612. The summed E-state index contributed by atoms with van der Waals surface area (Å²) in [6, 6.07) is 5.77. The standard InChI is InChI=1S/C15H12BrClF2O/c1-8-3-11(4-9(2)14(8)16)20-15-12(18)5-10(7-17)6-13(15)19/h3-6H,7H2,1-2H3. The second-order valence-corrected chi connectivity index (χ2v) is 5.56. The first-order valence-corrected chi connectivity index (χ1v) is 7.23. The van der Waals surface area contributed by atoms with Gasteiger partial charge in [-0.15, -0.1) is 11.6 Å². The highest BCUT2D eigenvalue weighted by Crippen LogP contribution is 2.32. The van der Waals surface area contributed by atoms with Gasteiger partial charge >= 0.3 is 0 Å². The lowest BCUT2D eigenvalue weighted by atomic mass is 10.1. The smallest absolute Gasteiger partial charge is 0.198 e. The third-order valence-corrected chi connectivity index (χ3v) is 4.40. The van der Waals surface area contributed by atoms with E-state index >= 15 is 0 Å². The first kappa shape index (κ1) is 15.3. The summed E-state index contributed by atoms with van der Waals surface area (Å²) >= 11 is 8.99. The number of hydrogen-bond donors (Lipinski definition) is 0. The van der Waals surface area contributed by atoms with E-state index in [2.05, 4.69) is 15.9 Å². The Labute approximate surface area is 129 Å². The minimum Gasteiger partial charge on any atom is -0.451 e. The minimum atomic E-state index is -0.765. The Morgan fingerprint density at radius 1 is 1.05 bits per heavy atom. The molecule has 0 heterocycles. The molecule has 5 heteroatoms. The molecule has 0 saturated heterocycles. The molecule has 0 unspecified atom stereocenters. The monoisotopic (exact) mass is 360 g/mol. The van der Waals surface area contributed by atoms with Gasteiger partial charge in [0.05, 0.1) is 0 Å². The lowest BCUT2D eigenvalue weighted by Crippen LogP contribution is -1.96. The molecule has 2 rings (SSSR count). The van der Waals surface area contributed by atoms with Gasteiger partial charge in [0, 0.05) is 10.4 Å². The molecule has 0 aliphatic heterocycles. The Hall–Kier alpha value is -1.13. The summed E-state index contributed by atoms with van der Waals surface area (Å²) in [5.41, 5.74) is 2.23. The van der Waals surface area contributed by atoms with Crippen molar-refractivity contribution < 1.29 is 13.5 Å². The molecule has 0 aliphatic rings. The molecule has 0 radical (unpaired) electrons. The predicted octanol–water partition coefficient (Wildman–Crippen LogP) is 5.88. The lowest BCUT2D eigenvalue weighted by molar-refractivity contribution is 0.406. The zero-order valence-electron chi connectivity index (χ0n) is 10.9. The molecule has 0 bridgehead atoms. The SMILES string of the molecule is Cc1cc(Oc2c(F)cc(CCl)cc2F)cc(C)c1Br. The van der Waals surface area contributed by atoms with Gasteiger partial charge < -0.3 is 4.74 Å². The predicted molar refractivity (Wildman–Crippen MR) is 79.6 cm³/mol. The van der Waals surface area contributed by atoms with Crippen LogP contribution in [0.3, 0.4) is 0 Å². The van der Waals surface area contributed by atoms with Crippen LogP contribution >= 0.6 is 27.5 Å². The third kappa shape index (κ3) is 3.13. The van der Waals surface area contributed by atoms with E-state index in [1.165, 1.54) is 12.1 Å². The fourth-order valence-corrected chi connectivity index (χ4v) is 2.25. The number of hydrogen-bond acceptors (Lipinski definition) is 1. The van der Waals surface area contributed by atoms with E-state index in [0.29, 0.717) is 11.3 Å². The fourth-order valence-electron chi connectivity index (χ4n) is 1.87. The van der Waals surface area contributed by atoms with Gasteiger partial charge in [-0.25, -0.2) is 8.78 Å². The largest absolute Gasteiger partial charge is 0.451 e. The van der Waals surface area contributed by atoms with Gasteiger partial charge in [-0.3, -0.25) is 0 Å². The molecular weight excluding hydrogens is 350 g/mol. The van der Waals surface area contributed by atoms with Crippen molar-refractivity contribution in [3.05, 3.63) is 57.1 Å². The van der Waals surface area contributed by atoms with Crippen LogP contribution in [-0.2, 0) is 5.88 Å². The average Bonchev–Trinajstić information content (AvgIpc) is 2.39. The molecular formula is C15H12BrClF2O. The maximum absolute atomic E-state index is 13.8. The van der Waals surface area contributed by atoms with Crippen molar-refractivity contribution in [3.63, 3.8) is 0 Å². The first-order valence-electron chi connectivity index (χ1n) is 5.91. The molecule has 106 valence electrons. The number of alkyl halides is 1. The quantitative estimate of drug-likeness (QED) is 0.621. The Morgan fingerprint density at radius 2 is 1.55 bits per heavy atom. The lowest BCUT2D eigenvalue weighted by Gasteiger charge is -2.12. The van der Waals surface area contributed by atoms with Crippen LogP contribution in [-0.4, -0.2) is 0 Å². The van der Waals surface area contributed by atoms with Crippen LogP contribution in [0.25, 0.3) is 0 Å². The Morgan fingerprint density at radius 3 is 2.00 bits per heavy atom. The summed E-state index contributed by atoms with van der Waals surface area (Å²) in [6.07, 6.45) is 0. The summed E-state index contributed by atoms with van der Waals surface area (Å²) in [7, 11) is 0. The molecule has 0 spiro atoms. The van der Waals surface area contributed by atoms with Crippen molar-refractivity contribution in [2.75, 3.05) is 0 Å². The van der Waals surface area contributed by atoms with Gasteiger partial charge in [0.1, 0.15) is 5.75 Å². The maximum Gasteiger partial charge on any atom is 0.198 e. The van der Waals surface area contributed by atoms with E-state index in [0.717, 1.165) is 15.6 Å². The number of halogens is 4. The van der Waals surface area contributed by atoms with Crippen molar-refractivity contribution in [2.45, 2.75) is 19.7 Å². The second kappa shape index (κ2) is 6.10. The van der Waals surface area contributed by atoms with Gasteiger partial charge in [0.25, 0.3) is 0 Å². The van der Waals surface area contributed by atoms with Crippen LogP contribution in [0.2, 0.25) is 0 Å². The molecule has 20 heavy (non-hydrogen) atoms. The van der Waals surface area contributed by atoms with Crippen LogP contribution in [0.5, 0.6) is 11.5 Å². The summed E-state index contributed by atoms with van der Waals surface area (Å²) in [5.74, 6) is -1.51. The molecule has 1 nitrogen and oxygen atoms in total. The maximum atomic E-state index is 13.8. The molecule has 0 aliphatic carbocycles. The molecule has 0 amide bonds. The summed E-state index contributed by atoms with van der Waals surface area (Å²) in [5, 5.41) is 0. The van der Waals surface area contributed by atoms with Crippen molar-refractivity contribution in [2.24, 2.45) is 0 Å². The van der Waals surface area contributed by atoms with E-state index in [1.807, 2.05) is 13.8 Å². The number of rotatable bonds is 3. The third-order valence-electron chi connectivity index (χ3n) is 2.84. The van der Waals surface area contributed by atoms with Crippen molar-refractivity contribution >= 4 is 27.5 Å². The molecule has 0 N–H and O–H groups in total. The van der Waals surface area contributed by atoms with Crippen molar-refractivity contribution in [1.29, 1.82) is 0 Å². The van der Waals surface area contributed by atoms with Crippen LogP contribution in [0.4, 0.5) is 8.78 Å². The molecule has 0 saturated carbocycles. The first-order chi connectivity index (χ1) is 9.42. The minimum absolute atomic E-state index is 0.0463. The topological polar surface area (TPSA) is 9.23 Å². The number of aryl methyl sites for hydroxylation is 2. The fraction of sp³-hybridized carbons (Fsp3) is 0.200. The van der Waals surface area contributed by atoms with Crippen molar-refractivity contribution in [3.8, 4) is 11.5 Å². The Kier molecular flexibility index (Phi) is 4.66. The zero-order valence-corrected chi connectivity index (χ0v) is 13.3. The summed E-state index contributed by atoms with van der Waals surface area (Å²) < 4.78 is 34.0. The highest BCUT2D eigenvalue weighted by molar-refractivity contribution is 9.10. The van der Waals surface area contributed by atoms with Crippen LogP contribution in [0.1, 0.15) is 16.7 Å². The van der Waals surface area contributed by atoms with Gasteiger partial charge in [-0.1, -0.05) is 15.9 Å². The molecule has 0 aromatic heterocycles. The van der Waals surface area contributed by atoms with E-state index < -0.39 is 17.4 Å². The highest BCUT2D eigenvalue weighted by Gasteiger charge is 2.14. The van der Waals surface area contributed by atoms with E-state index in [9.17, 15) is 8.78 Å². The normalized spacial score (nSPS) is 10.7. The zero-order chi connectivity index (χ0) is 14.9. The summed E-state index contributed by atoms with van der Waals surface area (Å²) in [4.78, 5) is 0. The van der Waals surface area contributed by atoms with Crippen molar-refractivity contribution in [1.82, 2.24) is 0 Å². The van der Waals surface area contributed by atoms with Gasteiger partial charge in [-0.2, -0.15) is 0 Å². The molecule has 2 aromatic rings. The van der Waals surface area contributed by atoms with Gasteiger partial charge in [0.15, 0.2) is 17.4 Å². The molecule has 2 aromatic carbocycles. The van der Waals surface area contributed by atoms with E-state index in [1.54, 1.807) is 12.1 Å². The van der Waals surface area contributed by atoms with Gasteiger partial charge in [0.2, 0.25) is 0 Å². The Balaban J connectivity index is 2.40. The molecule has 0 fully saturated rings. The number of benzene rings is 2. The van der Waals surface area contributed by atoms with Crippen LogP contribution in [0.15, 0.2) is 28.7 Å². The second-order valence-electron chi connectivity index (χ2n) is 4.50. The van der Waals surface area contributed by atoms with E-state index in [4.69, 9.17) is 16.3 Å². The van der Waals surface area contributed by atoms with Crippen LogP contribution < -0.4 is 4.74 Å². The van der Waals surface area contributed by atoms with E-state index in [-0.39, 0.29) is 5.88 Å². The van der Waals surface area contributed by atoms with Gasteiger partial charge in [-0.05, 0) is 54.8 Å². The van der Waals surface area contributed by atoms with Crippen LogP contribution in [0, 0.1) is 25.5 Å². The highest BCUT2D eigenvalue weighted by atomic mass is 79.9. The molecule has 0 atom stereocenters. The summed E-state index contributed by atoms with van der Waals surface area (Å²) in [6.45, 7) is 3.76. The average molecular weight is 362 g/mol. The number of ether oxygens (including phenoxy) is 1.